The van der Waals surface area contributed by atoms with Gasteiger partial charge in [-0.2, -0.15) is 0 Å². The van der Waals surface area contributed by atoms with Crippen LogP contribution in [0.25, 0.3) is 0 Å². The molecule has 3 aromatic rings. The van der Waals surface area contributed by atoms with Crippen molar-refractivity contribution >= 4 is 45.8 Å². The first-order chi connectivity index (χ1) is 12.1. The molecule has 0 spiro atoms. The number of amides is 2. The molecule has 3 rings (SSSR count). The Balaban J connectivity index is 1.66. The van der Waals surface area contributed by atoms with Crippen LogP contribution in [0.3, 0.4) is 0 Å². The number of anilines is 2. The molecule has 0 aliphatic heterocycles. The van der Waals surface area contributed by atoms with Crippen LogP contribution in [0.5, 0.6) is 0 Å². The zero-order chi connectivity index (χ0) is 17.6. The minimum Gasteiger partial charge on any atom is -0.322 e. The Labute approximate surface area is 158 Å². The van der Waals surface area contributed by atoms with Crippen LogP contribution >= 0.6 is 22.6 Å². The Bertz CT molecular complexity index is 896. The van der Waals surface area contributed by atoms with Gasteiger partial charge in [0.25, 0.3) is 11.8 Å². The minimum absolute atomic E-state index is 0.187. The lowest BCUT2D eigenvalue weighted by Gasteiger charge is -2.08. The van der Waals surface area contributed by atoms with Gasteiger partial charge < -0.3 is 10.6 Å². The van der Waals surface area contributed by atoms with Gasteiger partial charge in [0.2, 0.25) is 0 Å². The predicted octanol–water partition coefficient (Wildman–Crippen LogP) is 4.19. The second-order valence-corrected chi connectivity index (χ2v) is 6.48. The number of carbonyl (C=O) groups excluding carboxylic acids is 2. The van der Waals surface area contributed by atoms with E-state index >= 15 is 0 Å². The van der Waals surface area contributed by atoms with E-state index in [-0.39, 0.29) is 11.8 Å². The Morgan fingerprint density at radius 3 is 2.00 bits per heavy atom. The molecule has 0 saturated heterocycles. The van der Waals surface area contributed by atoms with Gasteiger partial charge in [0, 0.05) is 38.5 Å². The Hall–Kier alpha value is -2.74. The zero-order valence-electron chi connectivity index (χ0n) is 13.1. The summed E-state index contributed by atoms with van der Waals surface area (Å²) in [6, 6.07) is 17.5. The Morgan fingerprint density at radius 2 is 1.36 bits per heavy atom. The minimum atomic E-state index is -0.221. The van der Waals surface area contributed by atoms with Crippen molar-refractivity contribution in [3.8, 4) is 0 Å². The molecule has 0 aliphatic carbocycles. The Morgan fingerprint density at radius 1 is 0.760 bits per heavy atom. The quantitative estimate of drug-likeness (QED) is 0.595. The van der Waals surface area contributed by atoms with Crippen LogP contribution in [0.2, 0.25) is 0 Å². The largest absolute Gasteiger partial charge is 0.322 e. The van der Waals surface area contributed by atoms with E-state index in [1.54, 1.807) is 54.9 Å². The average Bonchev–Trinajstić information content (AvgIpc) is 2.63. The summed E-state index contributed by atoms with van der Waals surface area (Å²) in [5.74, 6) is -0.408. The maximum atomic E-state index is 12.2. The SMILES string of the molecule is O=C(Nc1ccncc1)c1ccc(NC(=O)c2cccc(I)c2)cc1. The van der Waals surface area contributed by atoms with Gasteiger partial charge in [-0.05, 0) is 77.2 Å². The fraction of sp³-hybridized carbons (Fsp3) is 0. The molecule has 5 nitrogen and oxygen atoms in total. The molecule has 2 aromatic carbocycles. The highest BCUT2D eigenvalue weighted by molar-refractivity contribution is 14.1. The van der Waals surface area contributed by atoms with Crippen molar-refractivity contribution in [1.29, 1.82) is 0 Å². The van der Waals surface area contributed by atoms with Gasteiger partial charge in [-0.25, -0.2) is 0 Å². The normalized spacial score (nSPS) is 10.1. The summed E-state index contributed by atoms with van der Waals surface area (Å²) < 4.78 is 0.994. The summed E-state index contributed by atoms with van der Waals surface area (Å²) in [4.78, 5) is 28.3. The number of pyridine rings is 1. The van der Waals surface area contributed by atoms with Crippen LogP contribution in [0, 0.1) is 3.57 Å². The van der Waals surface area contributed by atoms with Gasteiger partial charge in [0.1, 0.15) is 0 Å². The van der Waals surface area contributed by atoms with Gasteiger partial charge in [-0.15, -0.1) is 0 Å². The number of aromatic nitrogens is 1. The molecule has 0 atom stereocenters. The van der Waals surface area contributed by atoms with Gasteiger partial charge >= 0.3 is 0 Å². The number of nitrogens with one attached hydrogen (secondary N) is 2. The zero-order valence-corrected chi connectivity index (χ0v) is 15.2. The second kappa shape index (κ2) is 7.89. The lowest BCUT2D eigenvalue weighted by Crippen LogP contribution is -2.13. The number of carbonyl (C=O) groups is 2. The van der Waals surface area contributed by atoms with Gasteiger partial charge in [-0.1, -0.05) is 6.07 Å². The first-order valence-electron chi connectivity index (χ1n) is 7.50. The maximum Gasteiger partial charge on any atom is 0.255 e. The van der Waals surface area contributed by atoms with E-state index in [4.69, 9.17) is 0 Å². The fourth-order valence-corrected chi connectivity index (χ4v) is 2.72. The predicted molar refractivity (Wildman–Crippen MR) is 106 cm³/mol. The van der Waals surface area contributed by atoms with E-state index in [2.05, 4.69) is 38.2 Å². The van der Waals surface area contributed by atoms with E-state index < -0.39 is 0 Å². The van der Waals surface area contributed by atoms with Crippen LogP contribution in [0.4, 0.5) is 11.4 Å². The molecule has 0 saturated carbocycles. The molecule has 6 heteroatoms. The molecule has 0 aliphatic rings. The van der Waals surface area contributed by atoms with Crippen LogP contribution in [0.1, 0.15) is 20.7 Å². The van der Waals surface area contributed by atoms with Gasteiger partial charge in [0.15, 0.2) is 0 Å². The van der Waals surface area contributed by atoms with Crippen molar-refractivity contribution in [2.24, 2.45) is 0 Å². The molecule has 2 amide bonds. The molecule has 0 unspecified atom stereocenters. The molecule has 0 fully saturated rings. The van der Waals surface area contributed by atoms with Crippen LogP contribution < -0.4 is 10.6 Å². The van der Waals surface area contributed by atoms with E-state index in [9.17, 15) is 9.59 Å². The van der Waals surface area contributed by atoms with Crippen molar-refractivity contribution in [2.45, 2.75) is 0 Å². The molecule has 0 bridgehead atoms. The summed E-state index contributed by atoms with van der Waals surface area (Å²) >= 11 is 2.16. The third-order valence-electron chi connectivity index (χ3n) is 3.43. The second-order valence-electron chi connectivity index (χ2n) is 5.23. The fourth-order valence-electron chi connectivity index (χ4n) is 2.18. The van der Waals surface area contributed by atoms with Crippen molar-refractivity contribution in [3.05, 3.63) is 87.8 Å². The number of benzene rings is 2. The maximum absolute atomic E-state index is 12.2. The van der Waals surface area contributed by atoms with Crippen LogP contribution in [-0.2, 0) is 0 Å². The molecule has 2 N–H and O–H groups in total. The number of hydrogen-bond donors (Lipinski definition) is 2. The lowest BCUT2D eigenvalue weighted by molar-refractivity contribution is 0.102. The molecule has 25 heavy (non-hydrogen) atoms. The monoisotopic (exact) mass is 443 g/mol. The summed E-state index contributed by atoms with van der Waals surface area (Å²) in [6.07, 6.45) is 3.22. The third-order valence-corrected chi connectivity index (χ3v) is 4.10. The summed E-state index contributed by atoms with van der Waals surface area (Å²) in [5.41, 5.74) is 2.40. The van der Waals surface area contributed by atoms with Gasteiger partial charge in [0.05, 0.1) is 0 Å². The number of nitrogens with zero attached hydrogens (tertiary/aromatic N) is 1. The number of hydrogen-bond acceptors (Lipinski definition) is 3. The summed E-state index contributed by atoms with van der Waals surface area (Å²) in [5, 5.41) is 5.60. The molecule has 1 heterocycles. The topological polar surface area (TPSA) is 71.1 Å². The van der Waals surface area contributed by atoms with E-state index in [1.165, 1.54) is 0 Å². The van der Waals surface area contributed by atoms with E-state index in [0.29, 0.717) is 22.5 Å². The first kappa shape index (κ1) is 17.1. The smallest absolute Gasteiger partial charge is 0.255 e. The van der Waals surface area contributed by atoms with Crippen molar-refractivity contribution in [3.63, 3.8) is 0 Å². The van der Waals surface area contributed by atoms with Crippen molar-refractivity contribution in [1.82, 2.24) is 4.98 Å². The van der Waals surface area contributed by atoms with Crippen molar-refractivity contribution in [2.75, 3.05) is 10.6 Å². The standard InChI is InChI=1S/C19H14IN3O2/c20-15-3-1-2-14(12-15)19(25)22-16-6-4-13(5-7-16)18(24)23-17-8-10-21-11-9-17/h1-12H,(H,22,25)(H,21,23,24). The highest BCUT2D eigenvalue weighted by Gasteiger charge is 2.09. The Kier molecular flexibility index (Phi) is 5.39. The molecule has 0 radical (unpaired) electrons. The average molecular weight is 443 g/mol. The molecule has 124 valence electrons. The molecule has 1 aromatic heterocycles. The summed E-state index contributed by atoms with van der Waals surface area (Å²) in [6.45, 7) is 0. The number of halogens is 1. The van der Waals surface area contributed by atoms with E-state index in [0.717, 1.165) is 3.57 Å². The third kappa shape index (κ3) is 4.63. The lowest BCUT2D eigenvalue weighted by atomic mass is 10.1. The van der Waals surface area contributed by atoms with Crippen LogP contribution in [-0.4, -0.2) is 16.8 Å². The van der Waals surface area contributed by atoms with Crippen molar-refractivity contribution < 1.29 is 9.59 Å². The highest BCUT2D eigenvalue weighted by Crippen LogP contribution is 2.14. The molecular weight excluding hydrogens is 429 g/mol. The first-order valence-corrected chi connectivity index (χ1v) is 8.58. The van der Waals surface area contributed by atoms with Gasteiger partial charge in [-0.3, -0.25) is 14.6 Å². The highest BCUT2D eigenvalue weighted by atomic mass is 127. The molecular formula is C19H14IN3O2. The number of rotatable bonds is 4. The van der Waals surface area contributed by atoms with Crippen LogP contribution in [0.15, 0.2) is 73.1 Å². The van der Waals surface area contributed by atoms with E-state index in [1.807, 2.05) is 18.2 Å². The summed E-state index contributed by atoms with van der Waals surface area (Å²) in [7, 11) is 0.